The van der Waals surface area contributed by atoms with Crippen LogP contribution < -0.4 is 5.56 Å². The van der Waals surface area contributed by atoms with Crippen molar-refractivity contribution < 1.29 is 4.79 Å². The second kappa shape index (κ2) is 5.00. The van der Waals surface area contributed by atoms with Crippen LogP contribution in [0.3, 0.4) is 0 Å². The number of aryl methyl sites for hydroxylation is 1. The lowest BCUT2D eigenvalue weighted by molar-refractivity contribution is 0.112. The number of nitrogens with zero attached hydrogens (tertiary/aromatic N) is 1. The van der Waals surface area contributed by atoms with Crippen LogP contribution in [0.1, 0.15) is 22.8 Å². The first kappa shape index (κ1) is 12.3. The lowest BCUT2D eigenvalue weighted by atomic mass is 10.1. The van der Waals surface area contributed by atoms with E-state index in [-0.39, 0.29) is 11.1 Å². The van der Waals surface area contributed by atoms with Crippen molar-refractivity contribution in [3.05, 3.63) is 57.9 Å². The Balaban J connectivity index is 2.54. The highest BCUT2D eigenvalue weighted by Gasteiger charge is 2.06. The van der Waals surface area contributed by atoms with Gasteiger partial charge >= 0.3 is 0 Å². The van der Waals surface area contributed by atoms with Crippen LogP contribution >= 0.6 is 0 Å². The lowest BCUT2D eigenvalue weighted by Crippen LogP contribution is -2.21. The molecular weight excluding hydrogens is 226 g/mol. The number of pyridine rings is 1. The Morgan fingerprint density at radius 1 is 1.11 bits per heavy atom. The summed E-state index contributed by atoms with van der Waals surface area (Å²) in [5.74, 6) is 0. The van der Waals surface area contributed by atoms with Gasteiger partial charge in [-0.15, -0.1) is 0 Å². The summed E-state index contributed by atoms with van der Waals surface area (Å²) < 4.78 is 1.50. The maximum atomic E-state index is 11.8. The second-order valence-corrected chi connectivity index (χ2v) is 4.21. The first-order chi connectivity index (χ1) is 8.67. The molecule has 2 rings (SSSR count). The van der Waals surface area contributed by atoms with E-state index in [2.05, 4.69) is 6.92 Å². The van der Waals surface area contributed by atoms with E-state index in [0.29, 0.717) is 6.29 Å². The van der Waals surface area contributed by atoms with Crippen molar-refractivity contribution in [2.75, 3.05) is 0 Å². The van der Waals surface area contributed by atoms with E-state index in [9.17, 15) is 9.59 Å². The van der Waals surface area contributed by atoms with Gasteiger partial charge in [-0.2, -0.15) is 0 Å². The molecule has 0 spiro atoms. The van der Waals surface area contributed by atoms with Crippen LogP contribution in [0.5, 0.6) is 0 Å². The number of benzene rings is 1. The highest BCUT2D eigenvalue weighted by molar-refractivity contribution is 5.75. The molecule has 0 radical (unpaired) electrons. The minimum Gasteiger partial charge on any atom is -0.311 e. The normalized spacial score (nSPS) is 10.3. The molecule has 0 N–H and O–H groups in total. The Morgan fingerprint density at radius 3 is 2.33 bits per heavy atom. The van der Waals surface area contributed by atoms with Gasteiger partial charge in [0.05, 0.1) is 11.3 Å². The Labute approximate surface area is 106 Å². The summed E-state index contributed by atoms with van der Waals surface area (Å²) in [4.78, 5) is 22.5. The predicted molar refractivity (Wildman–Crippen MR) is 71.9 cm³/mol. The molecule has 0 saturated carbocycles. The Morgan fingerprint density at radius 2 is 1.78 bits per heavy atom. The summed E-state index contributed by atoms with van der Waals surface area (Å²) in [5, 5.41) is 0. The zero-order valence-electron chi connectivity index (χ0n) is 10.5. The van der Waals surface area contributed by atoms with Gasteiger partial charge < -0.3 is 4.57 Å². The number of hydrogen-bond donors (Lipinski definition) is 0. The van der Waals surface area contributed by atoms with Gasteiger partial charge in [-0.05, 0) is 29.7 Å². The molecule has 1 aromatic carbocycles. The smallest absolute Gasteiger partial charge is 0.261 e. The molecule has 2 aromatic rings. The van der Waals surface area contributed by atoms with Crippen LogP contribution in [0.15, 0.2) is 41.2 Å². The van der Waals surface area contributed by atoms with Crippen molar-refractivity contribution >= 4 is 6.29 Å². The molecule has 1 heterocycles. The van der Waals surface area contributed by atoms with Crippen molar-refractivity contribution in [1.29, 1.82) is 0 Å². The van der Waals surface area contributed by atoms with Crippen LogP contribution in [-0.2, 0) is 13.5 Å². The van der Waals surface area contributed by atoms with Gasteiger partial charge in [-0.3, -0.25) is 9.59 Å². The monoisotopic (exact) mass is 241 g/mol. The standard InChI is InChI=1S/C15H15NO2/c1-3-11-4-6-12(7-5-11)14-9-8-13(10-17)15(18)16(14)2/h4-10H,3H2,1-2H3. The zero-order valence-corrected chi connectivity index (χ0v) is 10.5. The summed E-state index contributed by atoms with van der Waals surface area (Å²) in [7, 11) is 1.68. The second-order valence-electron chi connectivity index (χ2n) is 4.21. The number of aldehydes is 1. The molecule has 18 heavy (non-hydrogen) atoms. The Kier molecular flexibility index (Phi) is 3.42. The summed E-state index contributed by atoms with van der Waals surface area (Å²) in [6.07, 6.45) is 1.58. The maximum Gasteiger partial charge on any atom is 0.261 e. The molecule has 0 aliphatic rings. The fourth-order valence-corrected chi connectivity index (χ4v) is 1.95. The molecule has 0 unspecified atom stereocenters. The van der Waals surface area contributed by atoms with Crippen molar-refractivity contribution in [1.82, 2.24) is 4.57 Å². The largest absolute Gasteiger partial charge is 0.311 e. The van der Waals surface area contributed by atoms with E-state index in [1.165, 1.54) is 10.1 Å². The van der Waals surface area contributed by atoms with E-state index in [1.54, 1.807) is 19.2 Å². The van der Waals surface area contributed by atoms with E-state index in [0.717, 1.165) is 17.7 Å². The fourth-order valence-electron chi connectivity index (χ4n) is 1.95. The van der Waals surface area contributed by atoms with Crippen LogP contribution in [0.2, 0.25) is 0 Å². The zero-order chi connectivity index (χ0) is 13.1. The van der Waals surface area contributed by atoms with Crippen LogP contribution in [0.25, 0.3) is 11.3 Å². The van der Waals surface area contributed by atoms with Crippen molar-refractivity contribution in [2.24, 2.45) is 7.05 Å². The molecule has 0 fully saturated rings. The molecule has 3 nitrogen and oxygen atoms in total. The summed E-state index contributed by atoms with van der Waals surface area (Å²) >= 11 is 0. The maximum absolute atomic E-state index is 11.8. The van der Waals surface area contributed by atoms with Gasteiger partial charge in [0.15, 0.2) is 6.29 Å². The average Bonchev–Trinajstić information content (AvgIpc) is 2.42. The van der Waals surface area contributed by atoms with Crippen molar-refractivity contribution in [2.45, 2.75) is 13.3 Å². The third-order valence-corrected chi connectivity index (χ3v) is 3.12. The molecular formula is C15H15NO2. The first-order valence-electron chi connectivity index (χ1n) is 5.92. The third kappa shape index (κ3) is 2.12. The summed E-state index contributed by atoms with van der Waals surface area (Å²) in [5.41, 5.74) is 2.97. The molecule has 0 aliphatic heterocycles. The molecule has 0 saturated heterocycles. The topological polar surface area (TPSA) is 39.1 Å². The van der Waals surface area contributed by atoms with E-state index in [1.807, 2.05) is 24.3 Å². The third-order valence-electron chi connectivity index (χ3n) is 3.12. The van der Waals surface area contributed by atoms with Crippen molar-refractivity contribution in [3.8, 4) is 11.3 Å². The highest BCUT2D eigenvalue weighted by atomic mass is 16.1. The van der Waals surface area contributed by atoms with Gasteiger partial charge in [-0.25, -0.2) is 0 Å². The molecule has 0 bridgehead atoms. The minimum atomic E-state index is -0.262. The number of aromatic nitrogens is 1. The van der Waals surface area contributed by atoms with Crippen LogP contribution in [0.4, 0.5) is 0 Å². The van der Waals surface area contributed by atoms with Crippen LogP contribution in [-0.4, -0.2) is 10.9 Å². The Bertz CT molecular complexity index is 624. The number of carbonyl (C=O) groups excluding carboxylic acids is 1. The van der Waals surface area contributed by atoms with E-state index >= 15 is 0 Å². The van der Waals surface area contributed by atoms with Gasteiger partial charge in [0.2, 0.25) is 0 Å². The first-order valence-corrected chi connectivity index (χ1v) is 5.92. The lowest BCUT2D eigenvalue weighted by Gasteiger charge is -2.09. The molecule has 3 heteroatoms. The number of hydrogen-bond acceptors (Lipinski definition) is 2. The van der Waals surface area contributed by atoms with Gasteiger partial charge in [0, 0.05) is 7.05 Å². The van der Waals surface area contributed by atoms with Gasteiger partial charge in [0.1, 0.15) is 0 Å². The van der Waals surface area contributed by atoms with E-state index < -0.39 is 0 Å². The highest BCUT2D eigenvalue weighted by Crippen LogP contribution is 2.18. The predicted octanol–water partition coefficient (Wildman–Crippen LogP) is 2.43. The number of rotatable bonds is 3. The minimum absolute atomic E-state index is 0.187. The fraction of sp³-hybridized carbons (Fsp3) is 0.200. The van der Waals surface area contributed by atoms with E-state index in [4.69, 9.17) is 0 Å². The average molecular weight is 241 g/mol. The SMILES string of the molecule is CCc1ccc(-c2ccc(C=O)c(=O)n2C)cc1. The quantitative estimate of drug-likeness (QED) is 0.774. The Hall–Kier alpha value is -2.16. The van der Waals surface area contributed by atoms with Gasteiger partial charge in [0.25, 0.3) is 5.56 Å². The molecule has 0 amide bonds. The van der Waals surface area contributed by atoms with Crippen molar-refractivity contribution in [3.63, 3.8) is 0 Å². The number of carbonyl (C=O) groups is 1. The summed E-state index contributed by atoms with van der Waals surface area (Å²) in [6, 6.07) is 11.5. The molecule has 0 atom stereocenters. The summed E-state index contributed by atoms with van der Waals surface area (Å²) in [6.45, 7) is 2.10. The molecule has 92 valence electrons. The molecule has 1 aromatic heterocycles. The van der Waals surface area contributed by atoms with Gasteiger partial charge in [-0.1, -0.05) is 31.2 Å². The van der Waals surface area contributed by atoms with Crippen LogP contribution in [0, 0.1) is 0 Å². The molecule has 0 aliphatic carbocycles.